The van der Waals surface area contributed by atoms with Gasteiger partial charge >= 0.3 is 49.0 Å². The van der Waals surface area contributed by atoms with Crippen LogP contribution in [0.3, 0.4) is 0 Å². The summed E-state index contributed by atoms with van der Waals surface area (Å²) in [5, 5.41) is 0. The second-order valence-corrected chi connectivity index (χ2v) is 5.77. The van der Waals surface area contributed by atoms with Crippen LogP contribution >= 0.6 is 0 Å². The SMILES string of the molecule is F/C(=C(/OCC(F)(F)C(F)F)C(F)(F)F)N1C(F)(F)C(F)(F)N(C(F)(F)F)C(F)(F)C1(F)F. The fourth-order valence-electron chi connectivity index (χ4n) is 2.05. The molecule has 3 nitrogen and oxygen atoms in total. The normalized spacial score (nSPS) is 24.1. The summed E-state index contributed by atoms with van der Waals surface area (Å²) in [5.41, 5.74) is 0. The predicted molar refractivity (Wildman–Crippen MR) is 60.6 cm³/mol. The molecule has 1 saturated heterocycles. The number of rotatable bonds is 5. The molecule has 0 saturated carbocycles. The molecule has 1 aliphatic rings. The van der Waals surface area contributed by atoms with Gasteiger partial charge < -0.3 is 4.74 Å². The van der Waals surface area contributed by atoms with E-state index in [2.05, 4.69) is 4.74 Å². The van der Waals surface area contributed by atoms with E-state index in [0.717, 1.165) is 0 Å². The molecular weight excluding hydrogens is 537 g/mol. The lowest BCUT2D eigenvalue weighted by atomic mass is 10.1. The Bertz CT molecular complexity index is 737. The van der Waals surface area contributed by atoms with Gasteiger partial charge in [-0.15, -0.1) is 0 Å². The van der Waals surface area contributed by atoms with Gasteiger partial charge in [-0.25, -0.2) is 13.7 Å². The third-order valence-electron chi connectivity index (χ3n) is 3.47. The zero-order valence-electron chi connectivity index (χ0n) is 14.3. The first-order valence-electron chi connectivity index (χ1n) is 7.13. The Balaban J connectivity index is 3.86. The lowest BCUT2D eigenvalue weighted by molar-refractivity contribution is -0.547. The van der Waals surface area contributed by atoms with E-state index in [9.17, 15) is 83.4 Å². The van der Waals surface area contributed by atoms with E-state index in [4.69, 9.17) is 0 Å². The number of hydrogen-bond donors (Lipinski definition) is 0. The summed E-state index contributed by atoms with van der Waals surface area (Å²) in [6, 6.07) is -30.5. The van der Waals surface area contributed by atoms with E-state index in [1.54, 1.807) is 0 Å². The minimum Gasteiger partial charge on any atom is -0.479 e. The van der Waals surface area contributed by atoms with Crippen molar-refractivity contribution in [3.8, 4) is 0 Å². The second kappa shape index (κ2) is 7.75. The Morgan fingerprint density at radius 2 is 1.06 bits per heavy atom. The highest BCUT2D eigenvalue weighted by atomic mass is 19.4. The van der Waals surface area contributed by atoms with E-state index in [1.165, 1.54) is 0 Å². The van der Waals surface area contributed by atoms with Gasteiger partial charge in [0.15, 0.2) is 6.61 Å². The maximum Gasteiger partial charge on any atom is 0.470 e. The number of hydrogen-bond acceptors (Lipinski definition) is 3. The molecule has 0 amide bonds. The summed E-state index contributed by atoms with van der Waals surface area (Å²) in [4.78, 5) is -7.86. The highest BCUT2D eigenvalue weighted by Crippen LogP contribution is 2.62. The fraction of sp³-hybridized carbons (Fsp3) is 0.818. The smallest absolute Gasteiger partial charge is 0.470 e. The molecule has 0 radical (unpaired) electrons. The lowest BCUT2D eigenvalue weighted by Gasteiger charge is -2.53. The van der Waals surface area contributed by atoms with Crippen LogP contribution in [0.25, 0.3) is 0 Å². The summed E-state index contributed by atoms with van der Waals surface area (Å²) >= 11 is 0. The summed E-state index contributed by atoms with van der Waals surface area (Å²) in [5.74, 6) is -14.7. The van der Waals surface area contributed by atoms with E-state index in [0.29, 0.717) is 0 Å². The van der Waals surface area contributed by atoms with Gasteiger partial charge in [0.2, 0.25) is 5.95 Å². The first-order valence-corrected chi connectivity index (χ1v) is 7.13. The minimum atomic E-state index is -7.64. The summed E-state index contributed by atoms with van der Waals surface area (Å²) in [6.45, 7) is -3.36. The first kappa shape index (κ1) is 29.0. The number of nitrogens with zero attached hydrogens (tertiary/aromatic N) is 2. The molecule has 0 aromatic rings. The Morgan fingerprint density at radius 1 is 0.697 bits per heavy atom. The Labute approximate surface area is 166 Å². The molecule has 196 valence electrons. The average molecular weight is 540 g/mol. The Kier molecular flexibility index (Phi) is 6.81. The standard InChI is InChI=1S/C11H3F19N2O/c12-3(2(6(17,18)19)33-1-5(15,16)4(13)14)31-7(20,21)9(24,25)32(11(28,29)30)10(26,27)8(31,22)23/h4H,1H2/b3-2-. The van der Waals surface area contributed by atoms with Crippen LogP contribution < -0.4 is 0 Å². The van der Waals surface area contributed by atoms with Crippen molar-refractivity contribution < 1.29 is 88.2 Å². The number of alkyl halides is 18. The van der Waals surface area contributed by atoms with Crippen LogP contribution in [0.15, 0.2) is 11.7 Å². The minimum absolute atomic E-state index is 2.68. The van der Waals surface area contributed by atoms with Crippen molar-refractivity contribution in [3.63, 3.8) is 0 Å². The maximum atomic E-state index is 13.9. The van der Waals surface area contributed by atoms with Gasteiger partial charge in [0.05, 0.1) is 0 Å². The monoisotopic (exact) mass is 540 g/mol. The lowest BCUT2D eigenvalue weighted by Crippen LogP contribution is -2.82. The summed E-state index contributed by atoms with van der Waals surface area (Å²) < 4.78 is 250. The fourth-order valence-corrected chi connectivity index (χ4v) is 2.05. The van der Waals surface area contributed by atoms with Gasteiger partial charge in [-0.2, -0.15) is 74.6 Å². The first-order chi connectivity index (χ1) is 14.2. The molecule has 1 aliphatic heterocycles. The highest BCUT2D eigenvalue weighted by Gasteiger charge is 2.90. The molecule has 0 aromatic heterocycles. The third-order valence-corrected chi connectivity index (χ3v) is 3.47. The molecule has 0 bridgehead atoms. The van der Waals surface area contributed by atoms with Crippen molar-refractivity contribution in [2.24, 2.45) is 0 Å². The van der Waals surface area contributed by atoms with Crippen molar-refractivity contribution in [1.29, 1.82) is 0 Å². The zero-order valence-corrected chi connectivity index (χ0v) is 14.3. The van der Waals surface area contributed by atoms with E-state index in [1.807, 2.05) is 0 Å². The zero-order chi connectivity index (χ0) is 26.8. The van der Waals surface area contributed by atoms with Crippen LogP contribution in [0.1, 0.15) is 0 Å². The molecule has 1 heterocycles. The molecule has 0 aliphatic carbocycles. The number of piperazine rings is 1. The Hall–Kier alpha value is -2.03. The second-order valence-electron chi connectivity index (χ2n) is 5.77. The van der Waals surface area contributed by atoms with Crippen molar-refractivity contribution in [2.45, 2.75) is 49.0 Å². The molecular formula is C11H3F19N2O. The molecule has 1 rings (SSSR count). The topological polar surface area (TPSA) is 15.7 Å². The van der Waals surface area contributed by atoms with Gasteiger partial charge in [-0.3, -0.25) is 0 Å². The van der Waals surface area contributed by atoms with E-state index in [-0.39, 0.29) is 0 Å². The molecule has 0 atom stereocenters. The summed E-state index contributed by atoms with van der Waals surface area (Å²) in [6.07, 6.45) is -19.3. The van der Waals surface area contributed by atoms with Crippen LogP contribution in [0.2, 0.25) is 0 Å². The predicted octanol–water partition coefficient (Wildman–Crippen LogP) is 6.11. The van der Waals surface area contributed by atoms with Crippen LogP contribution in [0, 0.1) is 0 Å². The van der Waals surface area contributed by atoms with E-state index < -0.39 is 77.1 Å². The molecule has 33 heavy (non-hydrogen) atoms. The molecule has 0 N–H and O–H groups in total. The van der Waals surface area contributed by atoms with Crippen molar-refractivity contribution in [3.05, 3.63) is 11.7 Å². The van der Waals surface area contributed by atoms with Gasteiger partial charge in [-0.1, -0.05) is 4.90 Å². The molecule has 0 unspecified atom stereocenters. The van der Waals surface area contributed by atoms with Crippen molar-refractivity contribution in [2.75, 3.05) is 6.61 Å². The quantitative estimate of drug-likeness (QED) is 0.238. The average Bonchev–Trinajstić information content (AvgIpc) is 2.49. The van der Waals surface area contributed by atoms with Gasteiger partial charge in [-0.05, 0) is 0 Å². The number of allylic oxidation sites excluding steroid dienone is 1. The molecule has 1 fully saturated rings. The number of ether oxygens (including phenoxy) is 1. The molecule has 22 heteroatoms. The van der Waals surface area contributed by atoms with Crippen LogP contribution in [0.5, 0.6) is 0 Å². The largest absolute Gasteiger partial charge is 0.479 e. The van der Waals surface area contributed by atoms with E-state index >= 15 is 0 Å². The van der Waals surface area contributed by atoms with Crippen molar-refractivity contribution >= 4 is 0 Å². The Morgan fingerprint density at radius 3 is 1.33 bits per heavy atom. The molecule has 0 aromatic carbocycles. The van der Waals surface area contributed by atoms with Crippen LogP contribution in [-0.2, 0) is 4.74 Å². The molecule has 0 spiro atoms. The highest BCUT2D eigenvalue weighted by molar-refractivity contribution is 5.16. The summed E-state index contributed by atoms with van der Waals surface area (Å²) in [7, 11) is 0. The van der Waals surface area contributed by atoms with Gasteiger partial charge in [0, 0.05) is 0 Å². The maximum absolute atomic E-state index is 13.9. The van der Waals surface area contributed by atoms with Crippen LogP contribution in [-0.4, -0.2) is 65.4 Å². The van der Waals surface area contributed by atoms with Gasteiger partial charge in [0.25, 0.3) is 5.76 Å². The van der Waals surface area contributed by atoms with Crippen LogP contribution in [0.4, 0.5) is 83.4 Å². The third kappa shape index (κ3) is 4.53. The van der Waals surface area contributed by atoms with Crippen molar-refractivity contribution in [1.82, 2.24) is 9.80 Å². The number of halogens is 19. The van der Waals surface area contributed by atoms with Gasteiger partial charge in [0.1, 0.15) is 0 Å².